The number of alkyl halides is 1. The van der Waals surface area contributed by atoms with Crippen LogP contribution >= 0.6 is 0 Å². The van der Waals surface area contributed by atoms with E-state index in [0.29, 0.717) is 19.0 Å². The molecule has 28 heavy (non-hydrogen) atoms. The third-order valence-electron chi connectivity index (χ3n) is 6.74. The van der Waals surface area contributed by atoms with Gasteiger partial charge in [0.05, 0.1) is 12.6 Å². The Morgan fingerprint density at radius 2 is 2.18 bits per heavy atom. The van der Waals surface area contributed by atoms with E-state index in [0.717, 1.165) is 32.1 Å². The van der Waals surface area contributed by atoms with Gasteiger partial charge in [0.2, 0.25) is 5.91 Å². The van der Waals surface area contributed by atoms with E-state index in [4.69, 9.17) is 5.73 Å². The number of amides is 1. The summed E-state index contributed by atoms with van der Waals surface area (Å²) in [5.41, 5.74) is 8.78. The van der Waals surface area contributed by atoms with E-state index in [1.165, 1.54) is 11.1 Å². The van der Waals surface area contributed by atoms with Gasteiger partial charge in [-0.2, -0.15) is 0 Å². The number of hydrogen-bond acceptors (Lipinski definition) is 4. The highest BCUT2D eigenvalue weighted by molar-refractivity contribution is 5.82. The van der Waals surface area contributed by atoms with E-state index >= 15 is 0 Å². The number of nitrogens with zero attached hydrogens (tertiary/aromatic N) is 1. The van der Waals surface area contributed by atoms with Crippen LogP contribution in [0.2, 0.25) is 0 Å². The SMILES string of the molecule is CC(N)C1CCCC(C(=O)N2CC(F)CC2CNC2CCc3ccccc32)N1. The molecule has 4 rings (SSSR count). The summed E-state index contributed by atoms with van der Waals surface area (Å²) < 4.78 is 14.2. The van der Waals surface area contributed by atoms with Crippen molar-refractivity contribution in [3.63, 3.8) is 0 Å². The van der Waals surface area contributed by atoms with E-state index in [9.17, 15) is 9.18 Å². The first-order valence-corrected chi connectivity index (χ1v) is 10.8. The number of fused-ring (bicyclic) bond motifs is 1. The summed E-state index contributed by atoms with van der Waals surface area (Å²) in [6.07, 6.45) is 4.45. The van der Waals surface area contributed by atoms with Crippen molar-refractivity contribution in [2.75, 3.05) is 13.1 Å². The predicted octanol–water partition coefficient (Wildman–Crippen LogP) is 2.06. The van der Waals surface area contributed by atoms with Crippen molar-refractivity contribution < 1.29 is 9.18 Å². The van der Waals surface area contributed by atoms with E-state index < -0.39 is 6.17 Å². The highest BCUT2D eigenvalue weighted by Crippen LogP contribution is 2.31. The van der Waals surface area contributed by atoms with Gasteiger partial charge in [-0.05, 0) is 50.2 Å². The molecule has 0 saturated carbocycles. The van der Waals surface area contributed by atoms with E-state index in [1.54, 1.807) is 4.90 Å². The summed E-state index contributed by atoms with van der Waals surface area (Å²) in [4.78, 5) is 14.9. The lowest BCUT2D eigenvalue weighted by Gasteiger charge is -2.36. The van der Waals surface area contributed by atoms with Crippen LogP contribution in [-0.4, -0.2) is 54.2 Å². The lowest BCUT2D eigenvalue weighted by Crippen LogP contribution is -2.57. The fourth-order valence-corrected chi connectivity index (χ4v) is 5.15. The maximum atomic E-state index is 14.2. The third kappa shape index (κ3) is 4.09. The van der Waals surface area contributed by atoms with Crippen molar-refractivity contribution in [2.24, 2.45) is 5.73 Å². The number of nitrogens with two attached hydrogens (primary N) is 1. The van der Waals surface area contributed by atoms with Crippen LogP contribution in [0.25, 0.3) is 0 Å². The van der Waals surface area contributed by atoms with E-state index in [2.05, 4.69) is 34.9 Å². The number of carbonyl (C=O) groups is 1. The number of likely N-dealkylation sites (tertiary alicyclic amines) is 1. The Morgan fingerprint density at radius 3 is 3.00 bits per heavy atom. The third-order valence-corrected chi connectivity index (χ3v) is 6.74. The Labute approximate surface area is 167 Å². The second-order valence-electron chi connectivity index (χ2n) is 8.79. The molecule has 2 aliphatic heterocycles. The van der Waals surface area contributed by atoms with Crippen LogP contribution < -0.4 is 16.4 Å². The minimum absolute atomic E-state index is 0.0167. The quantitative estimate of drug-likeness (QED) is 0.722. The minimum Gasteiger partial charge on any atom is -0.334 e. The molecule has 1 aromatic rings. The second-order valence-corrected chi connectivity index (χ2v) is 8.79. The molecule has 1 aromatic carbocycles. The highest BCUT2D eigenvalue weighted by Gasteiger charge is 2.40. The Balaban J connectivity index is 1.38. The summed E-state index contributed by atoms with van der Waals surface area (Å²) >= 11 is 0. The van der Waals surface area contributed by atoms with Crippen molar-refractivity contribution >= 4 is 5.91 Å². The van der Waals surface area contributed by atoms with Crippen LogP contribution in [0.3, 0.4) is 0 Å². The molecule has 154 valence electrons. The Bertz CT molecular complexity index is 697. The molecule has 0 spiro atoms. The highest BCUT2D eigenvalue weighted by atomic mass is 19.1. The van der Waals surface area contributed by atoms with Crippen LogP contribution in [0, 0.1) is 0 Å². The van der Waals surface area contributed by atoms with Crippen LogP contribution in [0.4, 0.5) is 4.39 Å². The fourth-order valence-electron chi connectivity index (χ4n) is 5.15. The molecule has 2 saturated heterocycles. The van der Waals surface area contributed by atoms with Gasteiger partial charge in [0.25, 0.3) is 0 Å². The summed E-state index contributed by atoms with van der Waals surface area (Å²) in [6.45, 7) is 2.84. The van der Waals surface area contributed by atoms with Crippen LogP contribution in [0.1, 0.15) is 56.2 Å². The molecule has 1 aliphatic carbocycles. The molecule has 0 radical (unpaired) electrons. The molecule has 2 heterocycles. The summed E-state index contributed by atoms with van der Waals surface area (Å²) in [5.74, 6) is 0.0455. The second kappa shape index (κ2) is 8.47. The Kier molecular flexibility index (Phi) is 5.99. The number of rotatable bonds is 5. The van der Waals surface area contributed by atoms with Gasteiger partial charge in [0.15, 0.2) is 0 Å². The lowest BCUT2D eigenvalue weighted by molar-refractivity contribution is -0.135. The predicted molar refractivity (Wildman–Crippen MR) is 109 cm³/mol. The van der Waals surface area contributed by atoms with Crippen molar-refractivity contribution in [3.8, 4) is 0 Å². The van der Waals surface area contributed by atoms with Crippen molar-refractivity contribution in [1.82, 2.24) is 15.5 Å². The summed E-state index contributed by atoms with van der Waals surface area (Å²) in [6, 6.07) is 8.70. The Hall–Kier alpha value is -1.50. The molecule has 0 bridgehead atoms. The molecule has 4 N–H and O–H groups in total. The van der Waals surface area contributed by atoms with Crippen molar-refractivity contribution in [3.05, 3.63) is 35.4 Å². The number of piperidine rings is 1. The molecule has 6 heteroatoms. The van der Waals surface area contributed by atoms with Gasteiger partial charge in [0.1, 0.15) is 6.17 Å². The maximum absolute atomic E-state index is 14.2. The zero-order valence-corrected chi connectivity index (χ0v) is 16.7. The average molecular weight is 389 g/mol. The lowest BCUT2D eigenvalue weighted by atomic mass is 9.94. The number of halogens is 1. The first-order chi connectivity index (χ1) is 13.5. The van der Waals surface area contributed by atoms with E-state index in [-0.39, 0.29) is 36.6 Å². The summed E-state index contributed by atoms with van der Waals surface area (Å²) in [5, 5.41) is 7.03. The first kappa shape index (κ1) is 19.8. The molecule has 2 fully saturated rings. The minimum atomic E-state index is -0.931. The molecule has 6 unspecified atom stereocenters. The number of carbonyl (C=O) groups excluding carboxylic acids is 1. The van der Waals surface area contributed by atoms with Gasteiger partial charge in [-0.3, -0.25) is 4.79 Å². The molecule has 1 amide bonds. The van der Waals surface area contributed by atoms with Crippen molar-refractivity contribution in [2.45, 2.75) is 81.8 Å². The smallest absolute Gasteiger partial charge is 0.240 e. The number of nitrogens with one attached hydrogen (secondary N) is 2. The number of aryl methyl sites for hydroxylation is 1. The van der Waals surface area contributed by atoms with Gasteiger partial charge in [0, 0.05) is 37.1 Å². The van der Waals surface area contributed by atoms with Gasteiger partial charge in [-0.25, -0.2) is 4.39 Å². The zero-order valence-electron chi connectivity index (χ0n) is 16.7. The molecule has 3 aliphatic rings. The summed E-state index contributed by atoms with van der Waals surface area (Å²) in [7, 11) is 0. The molecule has 6 atom stereocenters. The monoisotopic (exact) mass is 388 g/mol. The van der Waals surface area contributed by atoms with Crippen LogP contribution in [0.15, 0.2) is 24.3 Å². The van der Waals surface area contributed by atoms with Crippen LogP contribution in [0.5, 0.6) is 0 Å². The molecule has 5 nitrogen and oxygen atoms in total. The van der Waals surface area contributed by atoms with Gasteiger partial charge in [-0.15, -0.1) is 0 Å². The number of benzene rings is 1. The normalized spacial score (nSPS) is 33.7. The van der Waals surface area contributed by atoms with Crippen molar-refractivity contribution in [1.29, 1.82) is 0 Å². The average Bonchev–Trinajstić information content (AvgIpc) is 3.29. The van der Waals surface area contributed by atoms with Gasteiger partial charge >= 0.3 is 0 Å². The number of hydrogen-bond donors (Lipinski definition) is 3. The maximum Gasteiger partial charge on any atom is 0.240 e. The van der Waals surface area contributed by atoms with E-state index in [1.807, 2.05) is 6.92 Å². The first-order valence-electron chi connectivity index (χ1n) is 10.8. The topological polar surface area (TPSA) is 70.4 Å². The van der Waals surface area contributed by atoms with Gasteiger partial charge in [-0.1, -0.05) is 24.3 Å². The largest absolute Gasteiger partial charge is 0.334 e. The Morgan fingerprint density at radius 1 is 1.36 bits per heavy atom. The zero-order chi connectivity index (χ0) is 19.7. The van der Waals surface area contributed by atoms with Crippen LogP contribution in [-0.2, 0) is 11.2 Å². The van der Waals surface area contributed by atoms with Gasteiger partial charge < -0.3 is 21.3 Å². The molecule has 0 aromatic heterocycles. The standard InChI is InChI=1S/C22H33FN4O/c1-14(24)19-7-4-8-21(26-19)22(28)27-13-16(23)11-17(27)12-25-20-10-9-15-5-2-3-6-18(15)20/h2-3,5-6,14,16-17,19-21,25-26H,4,7-13,24H2,1H3. The molecular weight excluding hydrogens is 355 g/mol. The molecular formula is C22H33FN4O. The fraction of sp³-hybridized carbons (Fsp3) is 0.682.